The number of amides is 1. The monoisotopic (exact) mass is 233 g/mol. The van der Waals surface area contributed by atoms with Crippen LogP contribution in [0.15, 0.2) is 18.3 Å². The molecule has 92 valence electrons. The predicted octanol–water partition coefficient (Wildman–Crippen LogP) is 2.00. The van der Waals surface area contributed by atoms with Gasteiger partial charge in [0.15, 0.2) is 0 Å². The first kappa shape index (κ1) is 11.9. The Balaban J connectivity index is 2.01. The van der Waals surface area contributed by atoms with Crippen LogP contribution >= 0.6 is 0 Å². The molecule has 4 nitrogen and oxygen atoms in total. The molecule has 0 atom stereocenters. The van der Waals surface area contributed by atoms with E-state index in [4.69, 9.17) is 0 Å². The van der Waals surface area contributed by atoms with Crippen molar-refractivity contribution in [3.8, 4) is 0 Å². The van der Waals surface area contributed by atoms with Crippen molar-refractivity contribution in [2.24, 2.45) is 5.92 Å². The molecule has 1 aromatic heterocycles. The topological polar surface area (TPSA) is 45.2 Å². The van der Waals surface area contributed by atoms with Crippen molar-refractivity contribution in [2.45, 2.75) is 19.3 Å². The number of nitrogens with zero attached hydrogens (tertiary/aromatic N) is 2. The Kier molecular flexibility index (Phi) is 3.61. The van der Waals surface area contributed by atoms with E-state index in [2.05, 4.69) is 10.3 Å². The quantitative estimate of drug-likeness (QED) is 0.865. The molecule has 17 heavy (non-hydrogen) atoms. The number of carbonyl (C=O) groups excluding carboxylic acids is 1. The molecule has 1 aromatic rings. The van der Waals surface area contributed by atoms with Crippen molar-refractivity contribution >= 4 is 11.6 Å². The van der Waals surface area contributed by atoms with Gasteiger partial charge in [-0.25, -0.2) is 0 Å². The number of anilines is 1. The van der Waals surface area contributed by atoms with Crippen molar-refractivity contribution in [3.05, 3.63) is 24.0 Å². The number of carbonyl (C=O) groups is 1. The van der Waals surface area contributed by atoms with Gasteiger partial charge in [-0.2, -0.15) is 0 Å². The highest BCUT2D eigenvalue weighted by molar-refractivity contribution is 5.92. The number of hydrogen-bond donors (Lipinski definition) is 1. The molecule has 0 unspecified atom stereocenters. The maximum atomic E-state index is 12.1. The van der Waals surface area contributed by atoms with Crippen molar-refractivity contribution in [3.63, 3.8) is 0 Å². The second-order valence-corrected chi connectivity index (χ2v) is 4.66. The molecular weight excluding hydrogens is 214 g/mol. The lowest BCUT2D eigenvalue weighted by atomic mass is 9.85. The Morgan fingerprint density at radius 2 is 2.35 bits per heavy atom. The zero-order valence-corrected chi connectivity index (χ0v) is 10.4. The Bertz CT molecular complexity index is 401. The van der Waals surface area contributed by atoms with Crippen LogP contribution in [0, 0.1) is 5.92 Å². The molecule has 1 fully saturated rings. The van der Waals surface area contributed by atoms with E-state index in [1.54, 1.807) is 17.2 Å². The fraction of sp³-hybridized carbons (Fsp3) is 0.538. The van der Waals surface area contributed by atoms with Crippen LogP contribution in [0.4, 0.5) is 5.69 Å². The molecule has 0 spiro atoms. The minimum absolute atomic E-state index is 0.00833. The lowest BCUT2D eigenvalue weighted by molar-refractivity contribution is 0.0739. The molecule has 0 radical (unpaired) electrons. The van der Waals surface area contributed by atoms with Gasteiger partial charge in [0.25, 0.3) is 5.91 Å². The van der Waals surface area contributed by atoms with E-state index in [9.17, 15) is 4.79 Å². The Morgan fingerprint density at radius 1 is 1.59 bits per heavy atom. The molecule has 1 aliphatic rings. The van der Waals surface area contributed by atoms with Crippen molar-refractivity contribution in [1.29, 1.82) is 0 Å². The van der Waals surface area contributed by atoms with Crippen LogP contribution in [0.5, 0.6) is 0 Å². The smallest absolute Gasteiger partial charge is 0.272 e. The molecule has 0 bridgehead atoms. The molecule has 0 saturated heterocycles. The molecule has 1 amide bonds. The van der Waals surface area contributed by atoms with Crippen LogP contribution in [-0.2, 0) is 0 Å². The maximum absolute atomic E-state index is 12.1. The van der Waals surface area contributed by atoms with Gasteiger partial charge in [0, 0.05) is 32.5 Å². The van der Waals surface area contributed by atoms with Gasteiger partial charge in [-0.15, -0.1) is 0 Å². The van der Waals surface area contributed by atoms with Crippen LogP contribution in [0.1, 0.15) is 29.8 Å². The molecule has 0 aromatic carbocycles. The number of rotatable bonds is 4. The normalized spacial score (nSPS) is 15.2. The van der Waals surface area contributed by atoms with Gasteiger partial charge in [0.1, 0.15) is 5.69 Å². The van der Waals surface area contributed by atoms with Gasteiger partial charge in [-0.3, -0.25) is 9.78 Å². The van der Waals surface area contributed by atoms with Crippen LogP contribution in [-0.4, -0.2) is 36.4 Å². The molecular formula is C13H19N3O. The third kappa shape index (κ3) is 2.75. The fourth-order valence-electron chi connectivity index (χ4n) is 2.04. The van der Waals surface area contributed by atoms with Gasteiger partial charge in [-0.1, -0.05) is 6.42 Å². The van der Waals surface area contributed by atoms with E-state index in [-0.39, 0.29) is 5.91 Å². The Labute approximate surface area is 102 Å². The maximum Gasteiger partial charge on any atom is 0.272 e. The molecule has 1 saturated carbocycles. The number of hydrogen-bond acceptors (Lipinski definition) is 3. The summed E-state index contributed by atoms with van der Waals surface area (Å²) in [6.45, 7) is 0.851. The molecule has 0 aliphatic heterocycles. The van der Waals surface area contributed by atoms with Crippen molar-refractivity contribution in [1.82, 2.24) is 9.88 Å². The van der Waals surface area contributed by atoms with Gasteiger partial charge in [-0.05, 0) is 30.9 Å². The van der Waals surface area contributed by atoms with Crippen LogP contribution in [0.25, 0.3) is 0 Å². The minimum Gasteiger partial charge on any atom is -0.388 e. The van der Waals surface area contributed by atoms with E-state index < -0.39 is 0 Å². The second-order valence-electron chi connectivity index (χ2n) is 4.66. The summed E-state index contributed by atoms with van der Waals surface area (Å²) in [6.07, 6.45) is 5.47. The number of aromatic nitrogens is 1. The predicted molar refractivity (Wildman–Crippen MR) is 68.1 cm³/mol. The van der Waals surface area contributed by atoms with Crippen LogP contribution in [0.2, 0.25) is 0 Å². The first-order valence-electron chi connectivity index (χ1n) is 6.10. The zero-order chi connectivity index (χ0) is 12.3. The number of pyridine rings is 1. The average molecular weight is 233 g/mol. The third-order valence-corrected chi connectivity index (χ3v) is 3.37. The highest BCUT2D eigenvalue weighted by Crippen LogP contribution is 2.27. The minimum atomic E-state index is 0.00833. The first-order valence-corrected chi connectivity index (χ1v) is 6.10. The first-order chi connectivity index (χ1) is 8.20. The van der Waals surface area contributed by atoms with E-state index in [1.165, 1.54) is 19.3 Å². The van der Waals surface area contributed by atoms with E-state index in [1.807, 2.05) is 20.2 Å². The van der Waals surface area contributed by atoms with Crippen LogP contribution in [0.3, 0.4) is 0 Å². The summed E-state index contributed by atoms with van der Waals surface area (Å²) >= 11 is 0. The summed E-state index contributed by atoms with van der Waals surface area (Å²) in [6, 6.07) is 3.64. The van der Waals surface area contributed by atoms with Gasteiger partial charge < -0.3 is 10.2 Å². The molecule has 1 heterocycles. The molecule has 2 rings (SSSR count). The molecule has 1 aliphatic carbocycles. The SMILES string of the molecule is CNc1ccnc(C(=O)N(C)CC2CCC2)c1. The highest BCUT2D eigenvalue weighted by atomic mass is 16.2. The summed E-state index contributed by atoms with van der Waals surface area (Å²) in [7, 11) is 3.69. The highest BCUT2D eigenvalue weighted by Gasteiger charge is 2.22. The van der Waals surface area contributed by atoms with Crippen molar-refractivity contribution in [2.75, 3.05) is 26.0 Å². The lowest BCUT2D eigenvalue weighted by Gasteiger charge is -2.30. The average Bonchev–Trinajstić information content (AvgIpc) is 2.32. The fourth-order valence-corrected chi connectivity index (χ4v) is 2.04. The molecule has 4 heteroatoms. The Hall–Kier alpha value is -1.58. The zero-order valence-electron chi connectivity index (χ0n) is 10.4. The summed E-state index contributed by atoms with van der Waals surface area (Å²) < 4.78 is 0. The summed E-state index contributed by atoms with van der Waals surface area (Å²) in [4.78, 5) is 18.0. The van der Waals surface area contributed by atoms with E-state index >= 15 is 0 Å². The second kappa shape index (κ2) is 5.17. The van der Waals surface area contributed by atoms with Gasteiger partial charge >= 0.3 is 0 Å². The summed E-state index contributed by atoms with van der Waals surface area (Å²) in [5.41, 5.74) is 1.43. The van der Waals surface area contributed by atoms with Crippen molar-refractivity contribution < 1.29 is 4.79 Å². The largest absolute Gasteiger partial charge is 0.388 e. The van der Waals surface area contributed by atoms with Crippen LogP contribution < -0.4 is 5.32 Å². The van der Waals surface area contributed by atoms with E-state index in [0.717, 1.165) is 12.2 Å². The van der Waals surface area contributed by atoms with Gasteiger partial charge in [0.05, 0.1) is 0 Å². The molecule has 1 N–H and O–H groups in total. The third-order valence-electron chi connectivity index (χ3n) is 3.37. The summed E-state index contributed by atoms with van der Waals surface area (Å²) in [5, 5.41) is 3.01. The standard InChI is InChI=1S/C13H19N3O/c1-14-11-6-7-15-12(8-11)13(17)16(2)9-10-4-3-5-10/h6-8,10H,3-5,9H2,1-2H3,(H,14,15). The Morgan fingerprint density at radius 3 is 2.94 bits per heavy atom. The van der Waals surface area contributed by atoms with Gasteiger partial charge in [0.2, 0.25) is 0 Å². The van der Waals surface area contributed by atoms with E-state index in [0.29, 0.717) is 11.6 Å². The lowest BCUT2D eigenvalue weighted by Crippen LogP contribution is -2.34. The number of nitrogens with one attached hydrogen (secondary N) is 1. The summed E-state index contributed by atoms with van der Waals surface area (Å²) in [5.74, 6) is 0.699.